The van der Waals surface area contributed by atoms with Crippen LogP contribution in [0.15, 0.2) is 90.1 Å². The Morgan fingerprint density at radius 1 is 0.744 bits per heavy atom. The molecule has 0 saturated carbocycles. The van der Waals surface area contributed by atoms with E-state index in [-0.39, 0.29) is 22.9 Å². The third kappa shape index (κ3) is 5.57. The van der Waals surface area contributed by atoms with Gasteiger partial charge in [0.1, 0.15) is 0 Å². The number of likely N-dealkylation sites (tertiary alicyclic amines) is 1. The van der Waals surface area contributed by atoms with Gasteiger partial charge in [0.25, 0.3) is 5.91 Å². The van der Waals surface area contributed by atoms with Crippen molar-refractivity contribution in [3.8, 4) is 11.1 Å². The number of hydrogen-bond donors (Lipinski definition) is 0. The first-order chi connectivity index (χ1) is 20.9. The van der Waals surface area contributed by atoms with E-state index in [9.17, 15) is 13.2 Å². The van der Waals surface area contributed by atoms with Crippen molar-refractivity contribution >= 4 is 38.3 Å². The second kappa shape index (κ2) is 11.7. The molecule has 2 atom stereocenters. The zero-order valence-electron chi connectivity index (χ0n) is 24.0. The van der Waals surface area contributed by atoms with E-state index in [2.05, 4.69) is 9.88 Å². The van der Waals surface area contributed by atoms with Gasteiger partial charge in [-0.1, -0.05) is 42.3 Å². The Morgan fingerprint density at radius 3 is 2.07 bits per heavy atom. The predicted molar refractivity (Wildman–Crippen MR) is 170 cm³/mol. The average molecular weight is 615 g/mol. The summed E-state index contributed by atoms with van der Waals surface area (Å²) in [5, 5.41) is 2.35. The number of carbonyl (C=O) groups excluding carboxylic acids is 1. The number of carbonyl (C=O) groups is 1. The molecule has 3 fully saturated rings. The number of rotatable bonds is 5. The molecule has 0 spiro atoms. The fraction of sp³-hybridized carbons (Fsp3) is 0.353. The van der Waals surface area contributed by atoms with Crippen molar-refractivity contribution in [1.82, 2.24) is 19.1 Å². The lowest BCUT2D eigenvalue weighted by Gasteiger charge is -2.53. The Kier molecular flexibility index (Phi) is 7.72. The lowest BCUT2D eigenvalue weighted by atomic mass is 9.86. The third-order valence-electron chi connectivity index (χ3n) is 9.40. The number of hydrogen-bond acceptors (Lipinski definition) is 5. The minimum Gasteiger partial charge on any atom is -0.330 e. The number of benzene rings is 3. The number of nitrogens with zero attached hydrogens (tertiary/aromatic N) is 4. The van der Waals surface area contributed by atoms with Crippen LogP contribution in [0.5, 0.6) is 0 Å². The quantitative estimate of drug-likeness (QED) is 0.272. The molecule has 4 aromatic rings. The summed E-state index contributed by atoms with van der Waals surface area (Å²) >= 11 is 6.15. The van der Waals surface area contributed by atoms with E-state index in [1.807, 2.05) is 59.5 Å². The number of piperidine rings is 2. The van der Waals surface area contributed by atoms with Gasteiger partial charge >= 0.3 is 0 Å². The number of amides is 1. The highest BCUT2D eigenvalue weighted by atomic mass is 35.5. The second-order valence-corrected chi connectivity index (χ2v) is 14.4. The largest absolute Gasteiger partial charge is 0.330 e. The van der Waals surface area contributed by atoms with Crippen LogP contribution < -0.4 is 0 Å². The minimum absolute atomic E-state index is 0.0204. The van der Waals surface area contributed by atoms with Crippen molar-refractivity contribution in [3.05, 3.63) is 95.8 Å². The van der Waals surface area contributed by atoms with Gasteiger partial charge in [-0.05, 0) is 109 Å². The van der Waals surface area contributed by atoms with Crippen LogP contribution in [-0.4, -0.2) is 77.7 Å². The van der Waals surface area contributed by atoms with E-state index < -0.39 is 10.0 Å². The molecular formula is C34H35ClN4O3S. The monoisotopic (exact) mass is 614 g/mol. The maximum Gasteiger partial charge on any atom is 0.254 e. The third-order valence-corrected chi connectivity index (χ3v) is 11.5. The molecular weight excluding hydrogens is 580 g/mol. The van der Waals surface area contributed by atoms with Crippen LogP contribution in [0.25, 0.3) is 21.9 Å². The average Bonchev–Trinajstić information content (AvgIpc) is 3.04. The Morgan fingerprint density at radius 2 is 1.37 bits per heavy atom. The molecule has 7 nitrogen and oxygen atoms in total. The first-order valence-electron chi connectivity index (χ1n) is 15.1. The van der Waals surface area contributed by atoms with Gasteiger partial charge in [-0.3, -0.25) is 9.78 Å². The maximum absolute atomic E-state index is 14.1. The molecule has 2 bridgehead atoms. The van der Waals surface area contributed by atoms with Gasteiger partial charge in [-0.2, -0.15) is 4.31 Å². The van der Waals surface area contributed by atoms with E-state index in [1.54, 1.807) is 34.9 Å². The molecule has 3 aliphatic heterocycles. The summed E-state index contributed by atoms with van der Waals surface area (Å²) in [5.74, 6) is -0.0204. The van der Waals surface area contributed by atoms with Crippen molar-refractivity contribution in [2.24, 2.45) is 0 Å². The number of halogens is 1. The van der Waals surface area contributed by atoms with Crippen LogP contribution in [-0.2, 0) is 10.0 Å². The summed E-state index contributed by atoms with van der Waals surface area (Å²) in [6.45, 7) is 2.75. The Labute approximate surface area is 258 Å². The molecule has 222 valence electrons. The van der Waals surface area contributed by atoms with Crippen LogP contribution in [0, 0.1) is 0 Å². The molecule has 4 heterocycles. The Balaban J connectivity index is 1.17. The minimum atomic E-state index is -3.75. The van der Waals surface area contributed by atoms with Gasteiger partial charge in [0.15, 0.2) is 0 Å². The molecule has 43 heavy (non-hydrogen) atoms. The number of piperazine rings is 1. The van der Waals surface area contributed by atoms with Crippen LogP contribution >= 0.6 is 11.6 Å². The summed E-state index contributed by atoms with van der Waals surface area (Å²) in [6, 6.07) is 22.3. The van der Waals surface area contributed by atoms with Crippen LogP contribution in [0.2, 0.25) is 5.02 Å². The number of sulfonamides is 1. The van der Waals surface area contributed by atoms with Gasteiger partial charge in [0.05, 0.1) is 4.90 Å². The van der Waals surface area contributed by atoms with E-state index in [0.717, 1.165) is 47.8 Å². The van der Waals surface area contributed by atoms with Crippen molar-refractivity contribution in [1.29, 1.82) is 0 Å². The van der Waals surface area contributed by atoms with Gasteiger partial charge in [0, 0.05) is 54.2 Å². The number of pyridine rings is 1. The fourth-order valence-electron chi connectivity index (χ4n) is 7.23. The second-order valence-electron chi connectivity index (χ2n) is 12.0. The van der Waals surface area contributed by atoms with Crippen molar-refractivity contribution in [2.45, 2.75) is 55.1 Å². The molecule has 2 unspecified atom stereocenters. The molecule has 3 aromatic carbocycles. The molecule has 0 N–H and O–H groups in total. The zero-order chi connectivity index (χ0) is 29.6. The normalized spacial score (nSPS) is 23.4. The standard InChI is InChI=1S/C34H35ClN4O3S/c35-29-10-8-28-19-33(11-9-27(28)18-29)43(41,42)38-22-31-20-30(37-16-2-1-3-17-37)21-32(23-38)39(31)34(40)26-6-4-24(5-7-26)25-12-14-36-15-13-25/h4-15,18-19,30-32H,1-3,16-17,20-23H2. The first-order valence-corrected chi connectivity index (χ1v) is 17.0. The van der Waals surface area contributed by atoms with E-state index in [4.69, 9.17) is 11.6 Å². The van der Waals surface area contributed by atoms with Crippen LogP contribution in [0.1, 0.15) is 42.5 Å². The van der Waals surface area contributed by atoms with Crippen molar-refractivity contribution in [3.63, 3.8) is 0 Å². The van der Waals surface area contributed by atoms with Crippen LogP contribution in [0.3, 0.4) is 0 Å². The summed E-state index contributed by atoms with van der Waals surface area (Å²) in [5.41, 5.74) is 2.71. The van der Waals surface area contributed by atoms with E-state index in [1.165, 1.54) is 19.3 Å². The zero-order valence-corrected chi connectivity index (χ0v) is 25.6. The lowest BCUT2D eigenvalue weighted by Crippen LogP contribution is -2.67. The molecule has 3 saturated heterocycles. The summed E-state index contributed by atoms with van der Waals surface area (Å²) < 4.78 is 29.6. The van der Waals surface area contributed by atoms with Gasteiger partial charge in [-0.15, -0.1) is 0 Å². The molecule has 9 heteroatoms. The maximum atomic E-state index is 14.1. The first kappa shape index (κ1) is 28.5. The smallest absolute Gasteiger partial charge is 0.254 e. The predicted octanol–water partition coefficient (Wildman–Crippen LogP) is 6.09. The number of aromatic nitrogens is 1. The molecule has 7 rings (SSSR count). The molecule has 3 aliphatic rings. The SMILES string of the molecule is O=C(c1ccc(-c2ccncc2)cc1)N1C2CC(N3CCCCC3)CC1CN(S(=O)(=O)c1ccc3cc(Cl)ccc3c1)C2. The molecule has 1 amide bonds. The number of fused-ring (bicyclic) bond motifs is 3. The fourth-order valence-corrected chi connectivity index (χ4v) is 8.96. The van der Waals surface area contributed by atoms with Crippen LogP contribution in [0.4, 0.5) is 0 Å². The van der Waals surface area contributed by atoms with E-state index >= 15 is 0 Å². The summed E-state index contributed by atoms with van der Waals surface area (Å²) in [4.78, 5) is 23.0. The van der Waals surface area contributed by atoms with Crippen molar-refractivity contribution < 1.29 is 13.2 Å². The molecule has 1 aromatic heterocycles. The highest BCUT2D eigenvalue weighted by Gasteiger charge is 2.47. The summed E-state index contributed by atoms with van der Waals surface area (Å²) in [6.07, 6.45) is 8.74. The van der Waals surface area contributed by atoms with E-state index in [0.29, 0.717) is 29.7 Å². The van der Waals surface area contributed by atoms with Crippen molar-refractivity contribution in [2.75, 3.05) is 26.2 Å². The molecule has 0 aliphatic carbocycles. The topological polar surface area (TPSA) is 73.8 Å². The van der Waals surface area contributed by atoms with Gasteiger partial charge in [-0.25, -0.2) is 8.42 Å². The van der Waals surface area contributed by atoms with Gasteiger partial charge < -0.3 is 9.80 Å². The lowest BCUT2D eigenvalue weighted by molar-refractivity contribution is -0.0144. The summed E-state index contributed by atoms with van der Waals surface area (Å²) in [7, 11) is -3.75. The molecule has 0 radical (unpaired) electrons. The van der Waals surface area contributed by atoms with Gasteiger partial charge in [0.2, 0.25) is 10.0 Å². The highest BCUT2D eigenvalue weighted by molar-refractivity contribution is 7.89. The highest BCUT2D eigenvalue weighted by Crippen LogP contribution is 2.36. The Hall–Kier alpha value is -3.30. The Bertz CT molecular complexity index is 1730.